The van der Waals surface area contributed by atoms with E-state index in [1.54, 1.807) is 0 Å². The van der Waals surface area contributed by atoms with Gasteiger partial charge in [-0.15, -0.1) is 0 Å². The van der Waals surface area contributed by atoms with Crippen LogP contribution in [-0.2, 0) is 4.74 Å². The van der Waals surface area contributed by atoms with E-state index in [1.807, 2.05) is 6.07 Å². The smallest absolute Gasteiger partial charge is 0.0645 e. The molecule has 0 aromatic heterocycles. The number of rotatable bonds is 13. The zero-order chi connectivity index (χ0) is 18.1. The van der Waals surface area contributed by atoms with Gasteiger partial charge in [0, 0.05) is 25.7 Å². The average Bonchev–Trinajstić information content (AvgIpc) is 2.60. The molecule has 0 amide bonds. The maximum Gasteiger partial charge on any atom is 0.0645 e. The maximum atomic E-state index is 8.94. The van der Waals surface area contributed by atoms with Crippen molar-refractivity contribution in [1.29, 1.82) is 26.3 Å². The minimum absolute atomic E-state index is 0.200. The van der Waals surface area contributed by atoms with Gasteiger partial charge in [0.1, 0.15) is 0 Å². The van der Waals surface area contributed by atoms with Crippen molar-refractivity contribution in [3.05, 3.63) is 0 Å². The van der Waals surface area contributed by atoms with Crippen molar-refractivity contribution in [2.45, 2.75) is 70.3 Å². The van der Waals surface area contributed by atoms with Gasteiger partial charge in [-0.2, -0.15) is 26.3 Å². The van der Waals surface area contributed by atoms with Gasteiger partial charge in [-0.1, -0.05) is 0 Å². The quantitative estimate of drug-likeness (QED) is 0.472. The summed E-state index contributed by atoms with van der Waals surface area (Å²) in [5.74, 6) is 0. The topological polar surface area (TPSA) is 128 Å². The van der Waals surface area contributed by atoms with Crippen LogP contribution in [0, 0.1) is 62.1 Å². The number of ether oxygens (including phenoxy) is 1. The monoisotopic (exact) mass is 325 g/mol. The first-order chi connectivity index (χ1) is 11.7. The third kappa shape index (κ3) is 9.43. The van der Waals surface area contributed by atoms with Crippen LogP contribution in [0.15, 0.2) is 0 Å². The van der Waals surface area contributed by atoms with Gasteiger partial charge in [-0.3, -0.25) is 0 Å². The van der Waals surface area contributed by atoms with Crippen LogP contribution in [0.4, 0.5) is 0 Å². The molecule has 0 aromatic rings. The molecule has 0 aliphatic carbocycles. The molecule has 0 bridgehead atoms. The molecule has 6 nitrogen and oxygen atoms in total. The summed E-state index contributed by atoms with van der Waals surface area (Å²) in [6.07, 6.45) is 4.49. The molecular weight excluding hydrogens is 302 g/mol. The van der Waals surface area contributed by atoms with Gasteiger partial charge in [0.15, 0.2) is 0 Å². The molecule has 0 saturated heterocycles. The van der Waals surface area contributed by atoms with Gasteiger partial charge >= 0.3 is 0 Å². The largest absolute Gasteiger partial charge is 0.377 e. The average molecular weight is 325 g/mol. The molecule has 0 aliphatic heterocycles. The van der Waals surface area contributed by atoms with Crippen molar-refractivity contribution < 1.29 is 4.74 Å². The molecule has 126 valence electrons. The van der Waals surface area contributed by atoms with Gasteiger partial charge in [-0.25, -0.2) is 0 Å². The minimum Gasteiger partial charge on any atom is -0.377 e. The highest BCUT2D eigenvalue weighted by Gasteiger charge is 2.32. The molecule has 0 N–H and O–H groups in total. The van der Waals surface area contributed by atoms with Crippen molar-refractivity contribution in [3.8, 4) is 30.3 Å². The first-order valence-corrected chi connectivity index (χ1v) is 8.14. The van der Waals surface area contributed by atoms with E-state index in [0.717, 1.165) is 0 Å². The Balaban J connectivity index is 5.17. The number of nitriles is 5. The molecule has 0 saturated carbocycles. The zero-order valence-corrected chi connectivity index (χ0v) is 14.0. The highest BCUT2D eigenvalue weighted by atomic mass is 16.5. The summed E-state index contributed by atoms with van der Waals surface area (Å²) in [5, 5.41) is 44.3. The molecule has 6 heteroatoms. The van der Waals surface area contributed by atoms with E-state index < -0.39 is 0 Å². The molecule has 24 heavy (non-hydrogen) atoms. The minimum atomic E-state index is -0.312. The van der Waals surface area contributed by atoms with E-state index in [-0.39, 0.29) is 17.9 Å². The molecule has 1 unspecified atom stereocenters. The van der Waals surface area contributed by atoms with Crippen molar-refractivity contribution in [3.63, 3.8) is 0 Å². The van der Waals surface area contributed by atoms with E-state index in [1.165, 1.54) is 0 Å². The first kappa shape index (κ1) is 21.4. The fraction of sp³-hybridized carbons (Fsp3) is 0.722. The number of hydrogen-bond acceptors (Lipinski definition) is 6. The molecule has 1 atom stereocenters. The van der Waals surface area contributed by atoms with Crippen LogP contribution < -0.4 is 0 Å². The summed E-state index contributed by atoms with van der Waals surface area (Å²) in [6, 6.07) is 10.6. The standard InChI is InChI=1S/C18H23N5O/c19-10-1-6-17(24-15-5-14-23)16-18(7-2-11-20,8-3-12-21)9-4-13-22/h17H,1-9,15-16H2. The van der Waals surface area contributed by atoms with Gasteiger partial charge in [0.25, 0.3) is 0 Å². The fourth-order valence-corrected chi connectivity index (χ4v) is 2.87. The van der Waals surface area contributed by atoms with E-state index >= 15 is 0 Å². The predicted octanol–water partition coefficient (Wildman–Crippen LogP) is 3.88. The highest BCUT2D eigenvalue weighted by molar-refractivity contribution is 4.92. The van der Waals surface area contributed by atoms with E-state index in [2.05, 4.69) is 24.3 Å². The lowest BCUT2D eigenvalue weighted by Crippen LogP contribution is -2.29. The fourth-order valence-electron chi connectivity index (χ4n) is 2.87. The van der Waals surface area contributed by atoms with Crippen LogP contribution >= 0.6 is 0 Å². The molecule has 0 heterocycles. The normalized spacial score (nSPS) is 11.3. The zero-order valence-electron chi connectivity index (χ0n) is 14.0. The highest BCUT2D eigenvalue weighted by Crippen LogP contribution is 2.40. The molecule has 0 rings (SSSR count). The number of nitrogens with zero attached hydrogens (tertiary/aromatic N) is 5. The third-order valence-corrected chi connectivity index (χ3v) is 4.11. The Bertz CT molecular complexity index is 507. The van der Waals surface area contributed by atoms with Crippen LogP contribution in [0.25, 0.3) is 0 Å². The Hall–Kier alpha value is -2.59. The van der Waals surface area contributed by atoms with E-state index in [4.69, 9.17) is 31.0 Å². The van der Waals surface area contributed by atoms with Crippen molar-refractivity contribution >= 4 is 0 Å². The van der Waals surface area contributed by atoms with Crippen LogP contribution in [0.2, 0.25) is 0 Å². The molecule has 0 spiro atoms. The Morgan fingerprint density at radius 2 is 1.12 bits per heavy atom. The first-order valence-electron chi connectivity index (χ1n) is 8.14. The summed E-state index contributed by atoms with van der Waals surface area (Å²) in [7, 11) is 0. The van der Waals surface area contributed by atoms with E-state index in [9.17, 15) is 0 Å². The molecule has 0 radical (unpaired) electrons. The summed E-state index contributed by atoms with van der Waals surface area (Å²) >= 11 is 0. The molecular formula is C18H23N5O. The SMILES string of the molecule is N#CCCOC(CCC#N)CC(CCC#N)(CCC#N)CCC#N. The lowest BCUT2D eigenvalue weighted by molar-refractivity contribution is 0.00666. The summed E-state index contributed by atoms with van der Waals surface area (Å²) in [4.78, 5) is 0. The second kappa shape index (κ2) is 14.0. The molecule has 0 aromatic carbocycles. The van der Waals surface area contributed by atoms with E-state index in [0.29, 0.717) is 64.4 Å². The van der Waals surface area contributed by atoms with Crippen LogP contribution in [0.3, 0.4) is 0 Å². The van der Waals surface area contributed by atoms with Crippen molar-refractivity contribution in [2.24, 2.45) is 5.41 Å². The lowest BCUT2D eigenvalue weighted by Gasteiger charge is -2.35. The maximum absolute atomic E-state index is 8.94. The second-order valence-corrected chi connectivity index (χ2v) is 5.78. The van der Waals surface area contributed by atoms with Gasteiger partial charge in [-0.05, 0) is 37.5 Å². The Morgan fingerprint density at radius 3 is 1.54 bits per heavy atom. The Morgan fingerprint density at radius 1 is 0.667 bits per heavy atom. The predicted molar refractivity (Wildman–Crippen MR) is 86.4 cm³/mol. The van der Waals surface area contributed by atoms with Crippen molar-refractivity contribution in [2.75, 3.05) is 6.61 Å². The van der Waals surface area contributed by atoms with Crippen LogP contribution in [0.1, 0.15) is 64.2 Å². The summed E-state index contributed by atoms with van der Waals surface area (Å²) < 4.78 is 5.76. The molecule has 0 fully saturated rings. The second-order valence-electron chi connectivity index (χ2n) is 5.78. The number of hydrogen-bond donors (Lipinski definition) is 0. The van der Waals surface area contributed by atoms with Crippen LogP contribution in [0.5, 0.6) is 0 Å². The summed E-state index contributed by atoms with van der Waals surface area (Å²) in [6.45, 7) is 0.303. The lowest BCUT2D eigenvalue weighted by atomic mass is 9.71. The molecule has 0 aliphatic rings. The van der Waals surface area contributed by atoms with Gasteiger partial charge in [0.05, 0.1) is 49.5 Å². The van der Waals surface area contributed by atoms with Crippen molar-refractivity contribution in [1.82, 2.24) is 0 Å². The van der Waals surface area contributed by atoms with Crippen LogP contribution in [-0.4, -0.2) is 12.7 Å². The van der Waals surface area contributed by atoms with Gasteiger partial charge < -0.3 is 4.74 Å². The summed E-state index contributed by atoms with van der Waals surface area (Å²) in [5.41, 5.74) is -0.312. The van der Waals surface area contributed by atoms with Gasteiger partial charge in [0.2, 0.25) is 0 Å². The third-order valence-electron chi connectivity index (χ3n) is 4.11. The Labute approximate surface area is 144 Å². The Kier molecular flexibility index (Phi) is 12.5.